The van der Waals surface area contributed by atoms with Crippen molar-refractivity contribution in [1.82, 2.24) is 0 Å². The number of esters is 2. The Kier molecular flexibility index (Phi) is 6.38. The summed E-state index contributed by atoms with van der Waals surface area (Å²) < 4.78 is 7.10. The highest BCUT2D eigenvalue weighted by Gasteiger charge is 2.46. The molecule has 0 rings (SSSR count). The largest absolute Gasteiger partial charge is 0.465 e. The van der Waals surface area contributed by atoms with Gasteiger partial charge in [0.15, 0.2) is 4.83 Å². The lowest BCUT2D eigenvalue weighted by atomic mass is 10.2. The van der Waals surface area contributed by atoms with Gasteiger partial charge in [-0.3, -0.25) is 4.79 Å². The van der Waals surface area contributed by atoms with E-state index in [-0.39, 0.29) is 13.2 Å². The van der Waals surface area contributed by atoms with Crippen LogP contribution in [0.25, 0.3) is 0 Å². The van der Waals surface area contributed by atoms with Crippen LogP contribution in [0.1, 0.15) is 13.8 Å². The minimum atomic E-state index is -2.12. The minimum absolute atomic E-state index is 0.106. The summed E-state index contributed by atoms with van der Waals surface area (Å²) in [6, 6.07) is 0. The third-order valence-electron chi connectivity index (χ3n) is 1.39. The Morgan fingerprint density at radius 3 is 2.20 bits per heavy atom. The SMILES string of the molecule is CCOC(=O)C(Br)C(O)(Br)C(=O)OCC. The maximum Gasteiger partial charge on any atom is 0.351 e. The lowest BCUT2D eigenvalue weighted by Crippen LogP contribution is -2.46. The van der Waals surface area contributed by atoms with Crippen molar-refractivity contribution in [2.24, 2.45) is 0 Å². The first-order chi connectivity index (χ1) is 6.87. The molecule has 0 aliphatic rings. The first-order valence-corrected chi connectivity index (χ1v) is 5.97. The summed E-state index contributed by atoms with van der Waals surface area (Å²) in [4.78, 5) is 21.3. The van der Waals surface area contributed by atoms with Gasteiger partial charge < -0.3 is 14.6 Å². The van der Waals surface area contributed by atoms with Crippen molar-refractivity contribution in [2.45, 2.75) is 23.2 Å². The Morgan fingerprint density at radius 1 is 1.33 bits per heavy atom. The molecule has 5 nitrogen and oxygen atoms in total. The number of aliphatic hydroxyl groups is 1. The van der Waals surface area contributed by atoms with Crippen LogP contribution in [0.4, 0.5) is 0 Å². The van der Waals surface area contributed by atoms with Crippen molar-refractivity contribution < 1.29 is 24.2 Å². The van der Waals surface area contributed by atoms with E-state index in [0.29, 0.717) is 0 Å². The molecule has 0 heterocycles. The van der Waals surface area contributed by atoms with Crippen LogP contribution in [0.5, 0.6) is 0 Å². The molecule has 0 saturated carbocycles. The maximum atomic E-state index is 11.3. The Bertz CT molecular complexity index is 241. The number of ether oxygens (including phenoxy) is 2. The second kappa shape index (κ2) is 6.44. The van der Waals surface area contributed by atoms with E-state index < -0.39 is 21.3 Å². The lowest BCUT2D eigenvalue weighted by molar-refractivity contribution is -0.160. The monoisotopic (exact) mass is 346 g/mol. The molecule has 1 N–H and O–H groups in total. The second-order valence-electron chi connectivity index (χ2n) is 2.51. The van der Waals surface area contributed by atoms with Gasteiger partial charge in [0.05, 0.1) is 13.2 Å². The highest BCUT2D eigenvalue weighted by Crippen LogP contribution is 2.28. The Labute approximate surface area is 104 Å². The molecule has 0 radical (unpaired) electrons. The van der Waals surface area contributed by atoms with Crippen LogP contribution < -0.4 is 0 Å². The molecule has 7 heteroatoms. The van der Waals surface area contributed by atoms with E-state index in [9.17, 15) is 14.7 Å². The fourth-order valence-electron chi connectivity index (χ4n) is 0.707. The third kappa shape index (κ3) is 4.08. The van der Waals surface area contributed by atoms with Crippen LogP contribution in [-0.4, -0.2) is 39.6 Å². The molecule has 0 bridgehead atoms. The van der Waals surface area contributed by atoms with Crippen LogP contribution in [0, 0.1) is 0 Å². The van der Waals surface area contributed by atoms with Crippen molar-refractivity contribution in [1.29, 1.82) is 0 Å². The van der Waals surface area contributed by atoms with Crippen molar-refractivity contribution in [3.05, 3.63) is 0 Å². The molecule has 88 valence electrons. The van der Waals surface area contributed by atoms with Crippen molar-refractivity contribution >= 4 is 43.8 Å². The molecule has 0 fully saturated rings. The number of carbonyl (C=O) groups excluding carboxylic acids is 2. The summed E-state index contributed by atoms with van der Waals surface area (Å²) in [5.41, 5.74) is 0. The Hall–Kier alpha value is -0.140. The zero-order chi connectivity index (χ0) is 12.1. The average Bonchev–Trinajstić information content (AvgIpc) is 2.17. The van der Waals surface area contributed by atoms with E-state index in [2.05, 4.69) is 41.3 Å². The molecule has 0 aromatic heterocycles. The van der Waals surface area contributed by atoms with Crippen molar-refractivity contribution in [3.8, 4) is 0 Å². The van der Waals surface area contributed by atoms with E-state index >= 15 is 0 Å². The van der Waals surface area contributed by atoms with Crippen LogP contribution in [0.3, 0.4) is 0 Å². The Balaban J connectivity index is 4.56. The summed E-state index contributed by atoms with van der Waals surface area (Å²) in [5, 5.41) is 9.67. The van der Waals surface area contributed by atoms with E-state index in [1.54, 1.807) is 13.8 Å². The highest BCUT2D eigenvalue weighted by molar-refractivity contribution is 9.13. The van der Waals surface area contributed by atoms with Crippen molar-refractivity contribution in [2.75, 3.05) is 13.2 Å². The zero-order valence-electron chi connectivity index (χ0n) is 8.33. The molecule has 0 saturated heterocycles. The van der Waals surface area contributed by atoms with Gasteiger partial charge in [0.2, 0.25) is 4.51 Å². The fraction of sp³-hybridized carbons (Fsp3) is 0.750. The average molecular weight is 348 g/mol. The molecule has 0 aliphatic heterocycles. The molecule has 2 atom stereocenters. The summed E-state index contributed by atoms with van der Waals surface area (Å²) in [6.07, 6.45) is 0. The van der Waals surface area contributed by atoms with E-state index in [1.807, 2.05) is 0 Å². The van der Waals surface area contributed by atoms with Gasteiger partial charge >= 0.3 is 11.9 Å². The first-order valence-electron chi connectivity index (χ1n) is 4.27. The summed E-state index contributed by atoms with van der Waals surface area (Å²) in [5.74, 6) is -1.69. The van der Waals surface area contributed by atoms with Gasteiger partial charge in [-0.2, -0.15) is 0 Å². The van der Waals surface area contributed by atoms with Gasteiger partial charge in [0.1, 0.15) is 0 Å². The molecule has 2 unspecified atom stereocenters. The van der Waals surface area contributed by atoms with E-state index in [4.69, 9.17) is 0 Å². The molecule has 0 spiro atoms. The molecule has 0 aromatic carbocycles. The quantitative estimate of drug-likeness (QED) is 0.592. The molecule has 0 amide bonds. The van der Waals surface area contributed by atoms with Gasteiger partial charge in [-0.15, -0.1) is 0 Å². The number of rotatable bonds is 5. The fourth-order valence-corrected chi connectivity index (χ4v) is 1.33. The topological polar surface area (TPSA) is 72.8 Å². The number of carbonyl (C=O) groups is 2. The molecular formula is C8H12Br2O5. The molecule has 15 heavy (non-hydrogen) atoms. The number of hydrogen-bond acceptors (Lipinski definition) is 5. The molecular weight excluding hydrogens is 336 g/mol. The number of alkyl halides is 2. The number of halogens is 2. The van der Waals surface area contributed by atoms with Crippen LogP contribution in [0.2, 0.25) is 0 Å². The van der Waals surface area contributed by atoms with Gasteiger partial charge in [0.25, 0.3) is 0 Å². The van der Waals surface area contributed by atoms with E-state index in [0.717, 1.165) is 0 Å². The van der Waals surface area contributed by atoms with Crippen LogP contribution in [0.15, 0.2) is 0 Å². The van der Waals surface area contributed by atoms with Crippen LogP contribution in [-0.2, 0) is 19.1 Å². The summed E-state index contributed by atoms with van der Waals surface area (Å²) in [7, 11) is 0. The smallest absolute Gasteiger partial charge is 0.351 e. The summed E-state index contributed by atoms with van der Waals surface area (Å²) >= 11 is 5.58. The van der Waals surface area contributed by atoms with Gasteiger partial charge in [-0.1, -0.05) is 15.9 Å². The first kappa shape index (κ1) is 14.9. The zero-order valence-corrected chi connectivity index (χ0v) is 11.5. The predicted molar refractivity (Wildman–Crippen MR) is 59.9 cm³/mol. The normalized spacial score (nSPS) is 16.3. The Morgan fingerprint density at radius 2 is 1.80 bits per heavy atom. The summed E-state index contributed by atoms with van der Waals surface area (Å²) in [6.45, 7) is 3.48. The van der Waals surface area contributed by atoms with Gasteiger partial charge in [-0.25, -0.2) is 4.79 Å². The van der Waals surface area contributed by atoms with Gasteiger partial charge in [-0.05, 0) is 29.8 Å². The van der Waals surface area contributed by atoms with Crippen LogP contribution >= 0.6 is 31.9 Å². The third-order valence-corrected chi connectivity index (χ3v) is 3.82. The molecule has 0 aliphatic carbocycles. The van der Waals surface area contributed by atoms with Crippen molar-refractivity contribution in [3.63, 3.8) is 0 Å². The molecule has 0 aromatic rings. The maximum absolute atomic E-state index is 11.3. The van der Waals surface area contributed by atoms with Gasteiger partial charge in [0, 0.05) is 0 Å². The second-order valence-corrected chi connectivity index (χ2v) is 4.63. The highest BCUT2D eigenvalue weighted by atomic mass is 79.9. The minimum Gasteiger partial charge on any atom is -0.465 e. The number of hydrogen-bond donors (Lipinski definition) is 1. The lowest BCUT2D eigenvalue weighted by Gasteiger charge is -2.22. The van der Waals surface area contributed by atoms with E-state index in [1.165, 1.54) is 0 Å². The predicted octanol–water partition coefficient (Wildman–Crippen LogP) is 0.960. The standard InChI is InChI=1S/C8H12Br2O5/c1-3-14-6(11)5(9)8(10,13)7(12)15-4-2/h5,13H,3-4H2,1-2H3.